The highest BCUT2D eigenvalue weighted by molar-refractivity contribution is 7.09. The van der Waals surface area contributed by atoms with Gasteiger partial charge in [-0.25, -0.2) is 14.2 Å². The van der Waals surface area contributed by atoms with Crippen molar-refractivity contribution in [2.75, 3.05) is 23.4 Å². The summed E-state index contributed by atoms with van der Waals surface area (Å²) in [7, 11) is 2.08. The summed E-state index contributed by atoms with van der Waals surface area (Å²) in [4.78, 5) is 31.3. The molecule has 12 heteroatoms. The zero-order valence-corrected chi connectivity index (χ0v) is 24.6. The predicted octanol–water partition coefficient (Wildman–Crippen LogP) is 5.33. The topological polar surface area (TPSA) is 120 Å². The molecule has 10 nitrogen and oxygen atoms in total. The molecule has 0 amide bonds. The molecule has 222 valence electrons. The molecule has 0 bridgehead atoms. The minimum atomic E-state index is -0.968. The average molecular weight is 610 g/mol. The molecule has 2 aromatic carbocycles. The summed E-state index contributed by atoms with van der Waals surface area (Å²) < 4.78 is 22.3. The lowest BCUT2D eigenvalue weighted by molar-refractivity contribution is 0.0697. The van der Waals surface area contributed by atoms with Gasteiger partial charge >= 0.3 is 5.97 Å². The molecule has 5 aromatic rings. The summed E-state index contributed by atoms with van der Waals surface area (Å²) in [6.07, 6.45) is 3.75. The first-order valence-electron chi connectivity index (χ1n) is 14.3. The SMILES string of the molecule is CN(c1nc2ccc(C(=O)O)cc2n1Cc1cncs1)C1CCN(c2cccc(OCc3ccc(C#N)cc3F)n2)C2CC12. The first-order valence-corrected chi connectivity index (χ1v) is 15.2. The number of aromatic carboxylic acids is 1. The van der Waals surface area contributed by atoms with Crippen molar-refractivity contribution in [1.29, 1.82) is 5.26 Å². The van der Waals surface area contributed by atoms with Crippen LogP contribution >= 0.6 is 11.3 Å². The minimum Gasteiger partial charge on any atom is -0.478 e. The Morgan fingerprint density at radius 2 is 2.11 bits per heavy atom. The molecule has 0 spiro atoms. The maximum absolute atomic E-state index is 14.3. The summed E-state index contributed by atoms with van der Waals surface area (Å²) in [5, 5.41) is 18.6. The number of hydrogen-bond acceptors (Lipinski definition) is 9. The monoisotopic (exact) mass is 609 g/mol. The van der Waals surface area contributed by atoms with E-state index >= 15 is 0 Å². The number of nitriles is 1. The molecule has 1 saturated carbocycles. The number of fused-ring (bicyclic) bond motifs is 2. The largest absolute Gasteiger partial charge is 0.478 e. The van der Waals surface area contributed by atoms with Crippen molar-refractivity contribution < 1.29 is 19.0 Å². The van der Waals surface area contributed by atoms with Gasteiger partial charge in [0.1, 0.15) is 18.2 Å². The van der Waals surface area contributed by atoms with Gasteiger partial charge < -0.3 is 24.2 Å². The van der Waals surface area contributed by atoms with Crippen molar-refractivity contribution in [3.05, 3.63) is 93.7 Å². The van der Waals surface area contributed by atoms with Gasteiger partial charge in [-0.2, -0.15) is 10.2 Å². The molecule has 1 aliphatic carbocycles. The van der Waals surface area contributed by atoms with E-state index in [0.29, 0.717) is 29.9 Å². The van der Waals surface area contributed by atoms with Crippen LogP contribution in [0.25, 0.3) is 11.0 Å². The van der Waals surface area contributed by atoms with Crippen LogP contribution in [0.15, 0.2) is 66.3 Å². The Kier molecular flexibility index (Phi) is 7.10. The number of piperidine rings is 1. The van der Waals surface area contributed by atoms with E-state index < -0.39 is 11.8 Å². The van der Waals surface area contributed by atoms with E-state index in [0.717, 1.165) is 47.1 Å². The Labute approximate surface area is 256 Å². The normalized spacial score (nSPS) is 18.9. The molecule has 2 aliphatic rings. The number of pyridine rings is 1. The first kappa shape index (κ1) is 27.8. The number of halogens is 1. The quantitative estimate of drug-likeness (QED) is 0.236. The summed E-state index contributed by atoms with van der Waals surface area (Å²) in [5.41, 5.74) is 4.20. The van der Waals surface area contributed by atoms with Crippen molar-refractivity contribution in [2.45, 2.75) is 38.1 Å². The number of nitrogens with zero attached hydrogens (tertiary/aromatic N) is 7. The molecular weight excluding hydrogens is 581 g/mol. The zero-order chi connectivity index (χ0) is 30.4. The van der Waals surface area contributed by atoms with Crippen LogP contribution in [0.2, 0.25) is 0 Å². The van der Waals surface area contributed by atoms with Crippen LogP contribution in [0.5, 0.6) is 5.88 Å². The zero-order valence-electron chi connectivity index (χ0n) is 23.8. The molecule has 44 heavy (non-hydrogen) atoms. The van der Waals surface area contributed by atoms with E-state index in [9.17, 15) is 14.3 Å². The molecule has 3 unspecified atom stereocenters. The van der Waals surface area contributed by atoms with Gasteiger partial charge in [-0.15, -0.1) is 11.3 Å². The van der Waals surface area contributed by atoms with Crippen molar-refractivity contribution in [1.82, 2.24) is 19.5 Å². The van der Waals surface area contributed by atoms with E-state index in [2.05, 4.69) is 26.4 Å². The molecule has 1 aliphatic heterocycles. The van der Waals surface area contributed by atoms with Crippen LogP contribution < -0.4 is 14.5 Å². The van der Waals surface area contributed by atoms with Crippen LogP contribution in [0.4, 0.5) is 16.2 Å². The lowest BCUT2D eigenvalue weighted by Gasteiger charge is -2.37. The maximum Gasteiger partial charge on any atom is 0.335 e. The number of aromatic nitrogens is 4. The van der Waals surface area contributed by atoms with E-state index in [4.69, 9.17) is 20.0 Å². The smallest absolute Gasteiger partial charge is 0.335 e. The number of carbonyl (C=O) groups is 1. The van der Waals surface area contributed by atoms with Gasteiger partial charge in [0.05, 0.1) is 40.3 Å². The van der Waals surface area contributed by atoms with Crippen LogP contribution in [0.3, 0.4) is 0 Å². The maximum atomic E-state index is 14.3. The Morgan fingerprint density at radius 3 is 2.89 bits per heavy atom. The van der Waals surface area contributed by atoms with Gasteiger partial charge in [0, 0.05) is 54.3 Å². The summed E-state index contributed by atoms with van der Waals surface area (Å²) >= 11 is 1.56. The third-order valence-corrected chi connectivity index (χ3v) is 9.28. The van der Waals surface area contributed by atoms with Crippen LogP contribution in [0.1, 0.15) is 39.2 Å². The second-order valence-corrected chi connectivity index (χ2v) is 12.1. The summed E-state index contributed by atoms with van der Waals surface area (Å²) in [6.45, 7) is 1.37. The molecule has 2 fully saturated rings. The standard InChI is InChI=1S/C32H28FN7O3S/c1-38(32-36-25-8-7-20(31(41)42)12-28(25)40(32)16-22-15-35-18-44-22)26-9-10-39(27-13-23(26)27)29-3-2-4-30(37-29)43-17-21-6-5-19(14-34)11-24(21)33/h2-8,11-12,15,18,23,26-27H,9-10,13,16-17H2,1H3,(H,41,42). The predicted molar refractivity (Wildman–Crippen MR) is 164 cm³/mol. The van der Waals surface area contributed by atoms with Gasteiger partial charge in [-0.1, -0.05) is 12.1 Å². The van der Waals surface area contributed by atoms with Crippen molar-refractivity contribution in [3.8, 4) is 11.9 Å². The van der Waals surface area contributed by atoms with Crippen molar-refractivity contribution >= 4 is 40.1 Å². The first-order chi connectivity index (χ1) is 21.4. The summed E-state index contributed by atoms with van der Waals surface area (Å²) in [6, 6.07) is 17.6. The minimum absolute atomic E-state index is 0.0173. The van der Waals surface area contributed by atoms with Crippen LogP contribution in [-0.4, -0.2) is 56.3 Å². The molecule has 1 N–H and O–H groups in total. The van der Waals surface area contributed by atoms with Crippen LogP contribution in [0, 0.1) is 23.1 Å². The Morgan fingerprint density at radius 1 is 1.23 bits per heavy atom. The van der Waals surface area contributed by atoms with E-state index in [1.54, 1.807) is 53.2 Å². The van der Waals surface area contributed by atoms with E-state index in [1.807, 2.05) is 24.4 Å². The molecule has 4 heterocycles. The van der Waals surface area contributed by atoms with Gasteiger partial charge in [0.25, 0.3) is 0 Å². The highest BCUT2D eigenvalue weighted by Crippen LogP contribution is 2.47. The van der Waals surface area contributed by atoms with Crippen molar-refractivity contribution in [3.63, 3.8) is 0 Å². The number of carboxylic acids is 1. The van der Waals surface area contributed by atoms with Crippen LogP contribution in [-0.2, 0) is 13.2 Å². The average Bonchev–Trinajstić information content (AvgIpc) is 3.52. The highest BCUT2D eigenvalue weighted by Gasteiger charge is 2.52. The number of benzene rings is 2. The van der Waals surface area contributed by atoms with E-state index in [-0.39, 0.29) is 23.8 Å². The lowest BCUT2D eigenvalue weighted by atomic mass is 10.0. The van der Waals surface area contributed by atoms with Gasteiger partial charge in [-0.3, -0.25) is 4.98 Å². The lowest BCUT2D eigenvalue weighted by Crippen LogP contribution is -2.45. The third-order valence-electron chi connectivity index (χ3n) is 8.51. The third kappa shape index (κ3) is 5.20. The van der Waals surface area contributed by atoms with Gasteiger partial charge in [-0.05, 0) is 49.2 Å². The molecular formula is C32H28FN7O3S. The van der Waals surface area contributed by atoms with Gasteiger partial charge in [0.15, 0.2) is 0 Å². The summed E-state index contributed by atoms with van der Waals surface area (Å²) in [5.74, 6) is 1.03. The fourth-order valence-corrected chi connectivity index (χ4v) is 6.79. The molecule has 7 rings (SSSR count). The number of imidazole rings is 1. The number of ether oxygens (including phenoxy) is 1. The molecule has 0 radical (unpaired) electrons. The second-order valence-electron chi connectivity index (χ2n) is 11.1. The van der Waals surface area contributed by atoms with Crippen molar-refractivity contribution in [2.24, 2.45) is 5.92 Å². The fraction of sp³-hybridized carbons (Fsp3) is 0.281. The Bertz CT molecular complexity index is 1900. The Balaban J connectivity index is 1.08. The number of thiazole rings is 1. The number of carboxylic acid groups (broad SMARTS) is 1. The molecule has 1 saturated heterocycles. The second kappa shape index (κ2) is 11.2. The number of rotatable bonds is 9. The highest BCUT2D eigenvalue weighted by atomic mass is 32.1. The molecule has 3 aromatic heterocycles. The molecule has 3 atom stereocenters. The number of anilines is 2. The van der Waals surface area contributed by atoms with E-state index in [1.165, 1.54) is 6.07 Å². The number of hydrogen-bond donors (Lipinski definition) is 1. The Hall–Kier alpha value is -5.02. The van der Waals surface area contributed by atoms with Gasteiger partial charge in [0.2, 0.25) is 11.8 Å². The fourth-order valence-electron chi connectivity index (χ4n) is 6.21.